The Labute approximate surface area is 160 Å². The Bertz CT molecular complexity index is 953. The Morgan fingerprint density at radius 1 is 1.15 bits per heavy atom. The fourth-order valence-electron chi connectivity index (χ4n) is 2.65. The number of allylic oxidation sites excluding steroid dienone is 3. The predicted molar refractivity (Wildman–Crippen MR) is 107 cm³/mol. The molecule has 0 unspecified atom stereocenters. The number of rotatable bonds is 4. The molecule has 0 aromatic heterocycles. The van der Waals surface area contributed by atoms with E-state index in [9.17, 15) is 0 Å². The first-order chi connectivity index (χ1) is 12.8. The van der Waals surface area contributed by atoms with Crippen LogP contribution in [0.15, 0.2) is 65.2 Å². The second kappa shape index (κ2) is 8.09. The fourth-order valence-corrected chi connectivity index (χ4v) is 2.65. The molecule has 1 aliphatic rings. The van der Waals surface area contributed by atoms with Gasteiger partial charge in [-0.15, -0.1) is 0 Å². The van der Waals surface area contributed by atoms with Gasteiger partial charge in [-0.2, -0.15) is 0 Å². The largest absolute Gasteiger partial charge is 0.505 e. The molecule has 0 fully saturated rings. The van der Waals surface area contributed by atoms with E-state index in [0.717, 1.165) is 11.3 Å². The van der Waals surface area contributed by atoms with Gasteiger partial charge in [-0.05, 0) is 31.5 Å². The lowest BCUT2D eigenvalue weighted by Crippen LogP contribution is -2.20. The number of anilines is 1. The van der Waals surface area contributed by atoms with Crippen molar-refractivity contribution in [1.29, 1.82) is 5.26 Å². The van der Waals surface area contributed by atoms with Crippen molar-refractivity contribution in [2.24, 2.45) is 0 Å². The molecule has 5 heteroatoms. The molecule has 1 heterocycles. The van der Waals surface area contributed by atoms with Gasteiger partial charge in [0.05, 0.1) is 19.2 Å². The van der Waals surface area contributed by atoms with E-state index in [1.807, 2.05) is 75.3 Å². The third-order valence-electron chi connectivity index (χ3n) is 4.09. The number of hydrogen-bond acceptors (Lipinski definition) is 3. The highest BCUT2D eigenvalue weighted by Crippen LogP contribution is 2.41. The lowest BCUT2D eigenvalue weighted by atomic mass is 9.97. The van der Waals surface area contributed by atoms with Crippen LogP contribution in [-0.4, -0.2) is 19.7 Å². The van der Waals surface area contributed by atoms with Crippen LogP contribution in [0.3, 0.4) is 0 Å². The minimum absolute atomic E-state index is 0.0652. The van der Waals surface area contributed by atoms with E-state index in [-0.39, 0.29) is 17.2 Å². The van der Waals surface area contributed by atoms with E-state index < -0.39 is 5.60 Å². The fraction of sp³-hybridized carbons (Fsp3) is 0.227. The van der Waals surface area contributed by atoms with Crippen LogP contribution in [0, 0.1) is 24.5 Å². The van der Waals surface area contributed by atoms with E-state index in [0.29, 0.717) is 5.57 Å². The molecule has 0 atom stereocenters. The first-order valence-corrected chi connectivity index (χ1v) is 8.29. The van der Waals surface area contributed by atoms with Gasteiger partial charge in [0.15, 0.2) is 0 Å². The topological polar surface area (TPSA) is 45.0 Å². The molecule has 1 aliphatic heterocycles. The lowest BCUT2D eigenvalue weighted by molar-refractivity contribution is 0.0951. The molecule has 0 spiro atoms. The molecule has 0 aliphatic carbocycles. The summed E-state index contributed by atoms with van der Waals surface area (Å²) in [5, 5.41) is 9.09. The van der Waals surface area contributed by atoms with Crippen LogP contribution in [-0.2, 0) is 4.74 Å². The molecule has 1 aromatic carbocycles. The third kappa shape index (κ3) is 4.27. The molecule has 2 rings (SSSR count). The molecule has 0 saturated carbocycles. The number of nitriles is 1. The summed E-state index contributed by atoms with van der Waals surface area (Å²) in [6.07, 6.45) is 7.48. The van der Waals surface area contributed by atoms with Gasteiger partial charge in [0.2, 0.25) is 5.70 Å². The summed E-state index contributed by atoms with van der Waals surface area (Å²) in [5.41, 5.74) is 2.08. The van der Waals surface area contributed by atoms with Crippen LogP contribution in [0.5, 0.6) is 0 Å². The molecule has 0 N–H and O–H groups in total. The van der Waals surface area contributed by atoms with Crippen molar-refractivity contribution in [3.63, 3.8) is 0 Å². The maximum Gasteiger partial charge on any atom is 0.292 e. The highest BCUT2D eigenvalue weighted by molar-refractivity contribution is 5.58. The molecule has 27 heavy (non-hydrogen) atoms. The van der Waals surface area contributed by atoms with Crippen LogP contribution in [0.4, 0.5) is 5.69 Å². The lowest BCUT2D eigenvalue weighted by Gasteiger charge is -2.21. The molecule has 0 saturated heterocycles. The Morgan fingerprint density at radius 2 is 1.78 bits per heavy atom. The van der Waals surface area contributed by atoms with Crippen LogP contribution in [0.25, 0.3) is 15.8 Å². The SMILES string of the molecule is [C-]#[N+]C1=C(/C=C/C=C/c2ccc(N(C)C)cc2)C(C)(C)O/C1=C(\C#N)[N+]#[C-]. The van der Waals surface area contributed by atoms with Crippen LogP contribution in [0.1, 0.15) is 19.4 Å². The van der Waals surface area contributed by atoms with Gasteiger partial charge in [-0.1, -0.05) is 36.4 Å². The number of hydrogen-bond donors (Lipinski definition) is 0. The average Bonchev–Trinajstić information content (AvgIpc) is 2.90. The van der Waals surface area contributed by atoms with Gasteiger partial charge >= 0.3 is 0 Å². The van der Waals surface area contributed by atoms with Crippen molar-refractivity contribution in [1.82, 2.24) is 0 Å². The summed E-state index contributed by atoms with van der Waals surface area (Å²) >= 11 is 0. The first kappa shape index (κ1) is 19.6. The van der Waals surface area contributed by atoms with Crippen molar-refractivity contribution in [2.75, 3.05) is 19.0 Å². The zero-order valence-corrected chi connectivity index (χ0v) is 15.8. The Kier molecular flexibility index (Phi) is 5.86. The molecule has 5 nitrogen and oxygen atoms in total. The van der Waals surface area contributed by atoms with E-state index in [2.05, 4.69) is 9.69 Å². The maximum absolute atomic E-state index is 9.09. The van der Waals surface area contributed by atoms with Crippen LogP contribution >= 0.6 is 0 Å². The second-order valence-electron chi connectivity index (χ2n) is 6.59. The van der Waals surface area contributed by atoms with Crippen molar-refractivity contribution < 1.29 is 4.74 Å². The van der Waals surface area contributed by atoms with E-state index in [4.69, 9.17) is 23.1 Å². The molecular formula is C22H20N4O. The summed E-state index contributed by atoms with van der Waals surface area (Å²) < 4.78 is 5.74. The van der Waals surface area contributed by atoms with E-state index >= 15 is 0 Å². The number of nitrogens with zero attached hydrogens (tertiary/aromatic N) is 4. The number of benzene rings is 1. The maximum atomic E-state index is 9.09. The van der Waals surface area contributed by atoms with Gasteiger partial charge in [0.1, 0.15) is 11.4 Å². The Balaban J connectivity index is 2.30. The van der Waals surface area contributed by atoms with Gasteiger partial charge in [-0.3, -0.25) is 0 Å². The second-order valence-corrected chi connectivity index (χ2v) is 6.59. The normalized spacial score (nSPS) is 17.4. The summed E-state index contributed by atoms with van der Waals surface area (Å²) in [7, 11) is 3.99. The minimum atomic E-state index is -0.778. The Hall–Kier alpha value is -3.75. The van der Waals surface area contributed by atoms with E-state index in [1.54, 1.807) is 12.1 Å². The molecule has 0 radical (unpaired) electrons. The van der Waals surface area contributed by atoms with Crippen LogP contribution in [0.2, 0.25) is 0 Å². The summed E-state index contributed by atoms with van der Waals surface area (Å²) in [6.45, 7) is 18.2. The molecule has 0 amide bonds. The molecule has 134 valence electrons. The summed E-state index contributed by atoms with van der Waals surface area (Å²) in [4.78, 5) is 8.70. The van der Waals surface area contributed by atoms with Gasteiger partial charge in [-0.25, -0.2) is 15.0 Å². The van der Waals surface area contributed by atoms with Gasteiger partial charge < -0.3 is 9.64 Å². The quantitative estimate of drug-likeness (QED) is 0.435. The van der Waals surface area contributed by atoms with Crippen molar-refractivity contribution >= 4 is 11.8 Å². The van der Waals surface area contributed by atoms with Crippen LogP contribution < -0.4 is 4.90 Å². The standard InChI is InChI=1S/C22H20N4O/c1-22(2)18(20(25-4)21(27-22)19(15-23)24-3)10-8-7-9-16-11-13-17(14-12-16)26(5)6/h7-14H,1-2,5-6H3/b9-7+,10-8+,21-19+. The Morgan fingerprint density at radius 3 is 2.30 bits per heavy atom. The van der Waals surface area contributed by atoms with Gasteiger partial charge in [0, 0.05) is 25.4 Å². The highest BCUT2D eigenvalue weighted by atomic mass is 16.5. The summed E-state index contributed by atoms with van der Waals surface area (Å²) in [6, 6.07) is 9.95. The third-order valence-corrected chi connectivity index (χ3v) is 4.09. The smallest absolute Gasteiger partial charge is 0.292 e. The van der Waals surface area contributed by atoms with Crippen molar-refractivity contribution in [3.8, 4) is 6.07 Å². The van der Waals surface area contributed by atoms with E-state index in [1.165, 1.54) is 0 Å². The minimum Gasteiger partial charge on any atom is -0.505 e. The zero-order chi connectivity index (χ0) is 20.0. The first-order valence-electron chi connectivity index (χ1n) is 8.29. The monoisotopic (exact) mass is 356 g/mol. The highest BCUT2D eigenvalue weighted by Gasteiger charge is 2.38. The van der Waals surface area contributed by atoms with Crippen molar-refractivity contribution in [3.05, 3.63) is 93.6 Å². The number of ether oxygens (including phenoxy) is 1. The zero-order valence-electron chi connectivity index (χ0n) is 15.8. The summed E-state index contributed by atoms with van der Waals surface area (Å²) in [5.74, 6) is 0.0652. The predicted octanol–water partition coefficient (Wildman–Crippen LogP) is 4.96. The average molecular weight is 356 g/mol. The molecular weight excluding hydrogens is 336 g/mol. The molecule has 1 aromatic rings. The van der Waals surface area contributed by atoms with Crippen molar-refractivity contribution in [2.45, 2.75) is 19.4 Å². The van der Waals surface area contributed by atoms with Gasteiger partial charge in [0.25, 0.3) is 5.70 Å². The molecule has 0 bridgehead atoms.